The molecule has 1 aliphatic carbocycles. The van der Waals surface area contributed by atoms with Gasteiger partial charge in [0.15, 0.2) is 0 Å². The standard InChI is InChI=1S/C30H34F2N4O6/c1-4-40-29(38)42-17-41-28(37)19-5-8-22(9-6-19)30(3,39)24-10-7-21(16-34-24)23-13-18(2)14-26(35-23)36-25-15-20(27(31)32)11-12-33-25/h7,10-16,19,22,27,39H,4-6,8-9,17H2,1-3H3,(H,33,35,36)/t19-,22-,30?. The Hall–Kier alpha value is -4.19. The molecule has 3 heterocycles. The summed E-state index contributed by atoms with van der Waals surface area (Å²) in [4.78, 5) is 36.8. The molecular weight excluding hydrogens is 550 g/mol. The number of hydrogen-bond donors (Lipinski definition) is 2. The number of halogens is 2. The quantitative estimate of drug-likeness (QED) is 0.209. The molecule has 1 atom stereocenters. The maximum absolute atomic E-state index is 13.1. The zero-order chi connectivity index (χ0) is 30.3. The molecule has 1 saturated carbocycles. The highest BCUT2D eigenvalue weighted by Gasteiger charge is 2.39. The molecule has 10 nitrogen and oxygen atoms in total. The SMILES string of the molecule is CCOC(=O)OCOC(=O)[C@H]1CC[C@H](C(C)(O)c2ccc(-c3cc(C)cc(Nc4cc(C(F)F)ccn4)n3)cn2)CC1. The lowest BCUT2D eigenvalue weighted by Gasteiger charge is -2.37. The van der Waals surface area contributed by atoms with Gasteiger partial charge in [0.25, 0.3) is 6.43 Å². The number of carbonyl (C=O) groups excluding carboxylic acids is 2. The van der Waals surface area contributed by atoms with Crippen LogP contribution in [0.5, 0.6) is 0 Å². The van der Waals surface area contributed by atoms with E-state index in [9.17, 15) is 23.5 Å². The summed E-state index contributed by atoms with van der Waals surface area (Å²) in [5.41, 5.74) is 1.36. The third-order valence-corrected chi connectivity index (χ3v) is 7.34. The summed E-state index contributed by atoms with van der Waals surface area (Å²) >= 11 is 0. The van der Waals surface area contributed by atoms with Gasteiger partial charge < -0.3 is 24.6 Å². The Morgan fingerprint density at radius 1 is 1.05 bits per heavy atom. The Labute approximate surface area is 242 Å². The van der Waals surface area contributed by atoms with Gasteiger partial charge in [0.05, 0.1) is 23.9 Å². The van der Waals surface area contributed by atoms with Crippen LogP contribution in [0.3, 0.4) is 0 Å². The lowest BCUT2D eigenvalue weighted by molar-refractivity contribution is -0.160. The van der Waals surface area contributed by atoms with E-state index in [1.165, 1.54) is 18.3 Å². The smallest absolute Gasteiger partial charge is 0.435 e. The maximum Gasteiger partial charge on any atom is 0.511 e. The summed E-state index contributed by atoms with van der Waals surface area (Å²) in [7, 11) is 0. The first kappa shape index (κ1) is 30.8. The van der Waals surface area contributed by atoms with Gasteiger partial charge >= 0.3 is 12.1 Å². The van der Waals surface area contributed by atoms with Crippen molar-refractivity contribution in [1.29, 1.82) is 0 Å². The third-order valence-electron chi connectivity index (χ3n) is 7.34. The second-order valence-corrected chi connectivity index (χ2v) is 10.4. The van der Waals surface area contributed by atoms with Crippen molar-refractivity contribution in [2.45, 2.75) is 58.5 Å². The normalized spacial score (nSPS) is 18.2. The molecule has 2 N–H and O–H groups in total. The van der Waals surface area contributed by atoms with Crippen LogP contribution in [0.25, 0.3) is 11.3 Å². The van der Waals surface area contributed by atoms with Gasteiger partial charge in [-0.25, -0.2) is 23.5 Å². The summed E-state index contributed by atoms with van der Waals surface area (Å²) < 4.78 is 40.5. The highest BCUT2D eigenvalue weighted by atomic mass is 19.3. The van der Waals surface area contributed by atoms with Gasteiger partial charge in [0.2, 0.25) is 6.79 Å². The molecule has 3 aromatic rings. The van der Waals surface area contributed by atoms with Crippen LogP contribution < -0.4 is 5.32 Å². The van der Waals surface area contributed by atoms with E-state index < -0.39 is 30.9 Å². The van der Waals surface area contributed by atoms with Gasteiger partial charge in [-0.1, -0.05) is 0 Å². The predicted octanol–water partition coefficient (Wildman–Crippen LogP) is 6.22. The molecule has 0 bridgehead atoms. The molecule has 1 aliphatic rings. The number of aryl methyl sites for hydroxylation is 1. The first-order valence-corrected chi connectivity index (χ1v) is 13.7. The monoisotopic (exact) mass is 584 g/mol. The number of ether oxygens (including phenoxy) is 3. The van der Waals surface area contributed by atoms with Crippen LogP contribution in [-0.4, -0.2) is 45.6 Å². The molecule has 12 heteroatoms. The number of hydrogen-bond acceptors (Lipinski definition) is 10. The minimum Gasteiger partial charge on any atom is -0.435 e. The maximum atomic E-state index is 13.1. The Morgan fingerprint density at radius 2 is 1.81 bits per heavy atom. The van der Waals surface area contributed by atoms with E-state index in [4.69, 9.17) is 4.74 Å². The Kier molecular flexibility index (Phi) is 10.00. The van der Waals surface area contributed by atoms with Crippen molar-refractivity contribution in [3.05, 3.63) is 65.6 Å². The topological polar surface area (TPSA) is 133 Å². The molecule has 0 saturated heterocycles. The molecule has 0 spiro atoms. The van der Waals surface area contributed by atoms with E-state index in [1.54, 1.807) is 32.2 Å². The average Bonchev–Trinajstić information content (AvgIpc) is 2.97. The van der Waals surface area contributed by atoms with Crippen molar-refractivity contribution in [1.82, 2.24) is 15.0 Å². The van der Waals surface area contributed by atoms with Crippen LogP contribution in [-0.2, 0) is 24.6 Å². The van der Waals surface area contributed by atoms with Crippen LogP contribution in [0.15, 0.2) is 48.8 Å². The molecule has 0 amide bonds. The number of esters is 1. The van der Waals surface area contributed by atoms with Gasteiger partial charge in [-0.05, 0) is 94.3 Å². The number of alkyl halides is 2. The van der Waals surface area contributed by atoms with E-state index in [-0.39, 0.29) is 29.8 Å². The Balaban J connectivity index is 1.37. The summed E-state index contributed by atoms with van der Waals surface area (Å²) in [5, 5.41) is 14.4. The number of anilines is 2. The zero-order valence-electron chi connectivity index (χ0n) is 23.7. The van der Waals surface area contributed by atoms with Crippen molar-refractivity contribution in [3.8, 4) is 11.3 Å². The summed E-state index contributed by atoms with van der Waals surface area (Å²) in [5.74, 6) is -0.213. The first-order valence-electron chi connectivity index (χ1n) is 13.7. The Morgan fingerprint density at radius 3 is 2.48 bits per heavy atom. The number of rotatable bonds is 10. The van der Waals surface area contributed by atoms with Gasteiger partial charge in [0.1, 0.15) is 17.2 Å². The van der Waals surface area contributed by atoms with Crippen molar-refractivity contribution in [2.75, 3.05) is 18.7 Å². The van der Waals surface area contributed by atoms with E-state index in [0.29, 0.717) is 48.5 Å². The fourth-order valence-electron chi connectivity index (χ4n) is 5.02. The van der Waals surface area contributed by atoms with E-state index in [1.807, 2.05) is 19.1 Å². The number of nitrogens with one attached hydrogen (secondary N) is 1. The molecule has 1 fully saturated rings. The van der Waals surface area contributed by atoms with E-state index in [2.05, 4.69) is 29.7 Å². The average molecular weight is 585 g/mol. The van der Waals surface area contributed by atoms with E-state index in [0.717, 1.165) is 5.56 Å². The lowest BCUT2D eigenvalue weighted by atomic mass is 9.73. The molecule has 1 unspecified atom stereocenters. The van der Waals surface area contributed by atoms with Crippen molar-refractivity contribution >= 4 is 23.8 Å². The second-order valence-electron chi connectivity index (χ2n) is 10.4. The number of aromatic nitrogens is 3. The van der Waals surface area contributed by atoms with Gasteiger partial charge in [-0.2, -0.15) is 0 Å². The summed E-state index contributed by atoms with van der Waals surface area (Å²) in [6, 6.07) is 9.79. The van der Waals surface area contributed by atoms with Crippen LogP contribution in [0.1, 0.15) is 62.8 Å². The Bertz CT molecular complexity index is 1380. The summed E-state index contributed by atoms with van der Waals surface area (Å²) in [6.45, 7) is 4.92. The fraction of sp³-hybridized carbons (Fsp3) is 0.433. The van der Waals surface area contributed by atoms with Crippen LogP contribution >= 0.6 is 0 Å². The third kappa shape index (κ3) is 7.75. The number of carbonyl (C=O) groups is 2. The molecule has 0 radical (unpaired) electrons. The minimum absolute atomic E-state index is 0.125. The molecule has 0 aromatic carbocycles. The number of nitrogens with zero attached hydrogens (tertiary/aromatic N) is 3. The van der Waals surface area contributed by atoms with Crippen LogP contribution in [0, 0.1) is 18.8 Å². The molecule has 42 heavy (non-hydrogen) atoms. The van der Waals surface area contributed by atoms with Crippen molar-refractivity contribution < 1.29 is 37.7 Å². The van der Waals surface area contributed by atoms with Gasteiger partial charge in [-0.3, -0.25) is 9.78 Å². The number of aliphatic hydroxyl groups is 1. The van der Waals surface area contributed by atoms with Crippen LogP contribution in [0.4, 0.5) is 25.2 Å². The summed E-state index contributed by atoms with van der Waals surface area (Å²) in [6.07, 6.45) is 1.67. The highest BCUT2D eigenvalue weighted by molar-refractivity contribution is 5.72. The molecule has 0 aliphatic heterocycles. The lowest BCUT2D eigenvalue weighted by Crippen LogP contribution is -2.37. The predicted molar refractivity (Wildman–Crippen MR) is 149 cm³/mol. The largest absolute Gasteiger partial charge is 0.511 e. The van der Waals surface area contributed by atoms with Crippen molar-refractivity contribution in [3.63, 3.8) is 0 Å². The van der Waals surface area contributed by atoms with E-state index >= 15 is 0 Å². The molecular formula is C30H34F2N4O6. The number of pyridine rings is 3. The van der Waals surface area contributed by atoms with Crippen molar-refractivity contribution in [2.24, 2.45) is 11.8 Å². The molecule has 224 valence electrons. The minimum atomic E-state index is -2.60. The zero-order valence-corrected chi connectivity index (χ0v) is 23.7. The van der Waals surface area contributed by atoms with Gasteiger partial charge in [-0.15, -0.1) is 0 Å². The first-order chi connectivity index (χ1) is 20.1. The fourth-order valence-corrected chi connectivity index (χ4v) is 5.02. The van der Waals surface area contributed by atoms with Gasteiger partial charge in [0, 0.05) is 23.5 Å². The molecule has 3 aromatic heterocycles. The molecule has 4 rings (SSSR count). The highest BCUT2D eigenvalue weighted by Crippen LogP contribution is 2.41. The second kappa shape index (κ2) is 13.6. The van der Waals surface area contributed by atoms with Crippen LogP contribution in [0.2, 0.25) is 0 Å².